The van der Waals surface area contributed by atoms with Crippen LogP contribution in [0.5, 0.6) is 5.75 Å². The molecule has 0 saturated heterocycles. The van der Waals surface area contributed by atoms with E-state index in [4.69, 9.17) is 4.74 Å². The van der Waals surface area contributed by atoms with Gasteiger partial charge in [0, 0.05) is 19.0 Å². The fourth-order valence-electron chi connectivity index (χ4n) is 6.04. The number of hydrogen-bond donors (Lipinski definition) is 1. The molecule has 0 spiro atoms. The molecule has 6 heteroatoms. The van der Waals surface area contributed by atoms with Crippen molar-refractivity contribution in [2.45, 2.75) is 45.1 Å². The average Bonchev–Trinajstić information content (AvgIpc) is 2.64. The number of benzene rings is 1. The van der Waals surface area contributed by atoms with E-state index >= 15 is 0 Å². The molecule has 0 aliphatic heterocycles. The molecular weight excluding hydrogens is 359 g/mol. The van der Waals surface area contributed by atoms with Crippen LogP contribution >= 0.6 is 0 Å². The maximum Gasteiger partial charge on any atom is 0.242 e. The lowest BCUT2D eigenvalue weighted by Crippen LogP contribution is -2.54. The van der Waals surface area contributed by atoms with Gasteiger partial charge in [-0.25, -0.2) is 4.39 Å². The highest BCUT2D eigenvalue weighted by Gasteiger charge is 2.54. The van der Waals surface area contributed by atoms with Crippen molar-refractivity contribution in [1.82, 2.24) is 10.2 Å². The van der Waals surface area contributed by atoms with Crippen molar-refractivity contribution >= 4 is 11.8 Å². The highest BCUT2D eigenvalue weighted by Crippen LogP contribution is 2.60. The van der Waals surface area contributed by atoms with Crippen molar-refractivity contribution in [2.24, 2.45) is 23.2 Å². The number of hydrogen-bond acceptors (Lipinski definition) is 3. The summed E-state index contributed by atoms with van der Waals surface area (Å²) in [5.74, 6) is 1.70. The number of carbonyl (C=O) groups excluding carboxylic acids is 2. The lowest BCUT2D eigenvalue weighted by molar-refractivity contribution is -0.147. The van der Waals surface area contributed by atoms with E-state index < -0.39 is 5.82 Å². The topological polar surface area (TPSA) is 58.6 Å². The molecule has 4 bridgehead atoms. The summed E-state index contributed by atoms with van der Waals surface area (Å²) in [7, 11) is 3.08. The van der Waals surface area contributed by atoms with Crippen molar-refractivity contribution in [3.05, 3.63) is 29.6 Å². The van der Waals surface area contributed by atoms with E-state index in [2.05, 4.69) is 5.32 Å². The van der Waals surface area contributed by atoms with Crippen LogP contribution in [-0.4, -0.2) is 37.4 Å². The number of amides is 2. The number of nitrogens with one attached hydrogen (secondary N) is 1. The Kier molecular flexibility index (Phi) is 5.06. The third-order valence-electron chi connectivity index (χ3n) is 6.98. The predicted molar refractivity (Wildman–Crippen MR) is 103 cm³/mol. The van der Waals surface area contributed by atoms with E-state index in [1.54, 1.807) is 19.2 Å². The zero-order chi connectivity index (χ0) is 19.9. The molecule has 4 aliphatic rings. The minimum Gasteiger partial charge on any atom is -0.494 e. The van der Waals surface area contributed by atoms with E-state index in [1.165, 1.54) is 37.3 Å². The molecule has 0 heterocycles. The van der Waals surface area contributed by atoms with Gasteiger partial charge in [-0.15, -0.1) is 0 Å². The van der Waals surface area contributed by atoms with Gasteiger partial charge in [-0.05, 0) is 74.0 Å². The number of ether oxygens (including phenoxy) is 1. The fourth-order valence-corrected chi connectivity index (χ4v) is 6.04. The number of halogens is 1. The van der Waals surface area contributed by atoms with Crippen LogP contribution in [0.3, 0.4) is 0 Å². The third-order valence-corrected chi connectivity index (χ3v) is 6.98. The summed E-state index contributed by atoms with van der Waals surface area (Å²) in [6, 6.07) is 4.66. The number of nitrogens with zero attached hydrogens (tertiary/aromatic N) is 1. The van der Waals surface area contributed by atoms with Crippen molar-refractivity contribution in [3.63, 3.8) is 0 Å². The quantitative estimate of drug-likeness (QED) is 0.815. The molecule has 1 aromatic rings. The van der Waals surface area contributed by atoms with Crippen LogP contribution in [0.1, 0.15) is 44.1 Å². The zero-order valence-electron chi connectivity index (χ0n) is 16.7. The minimum absolute atomic E-state index is 0.00425. The maximum absolute atomic E-state index is 13.8. The van der Waals surface area contributed by atoms with Crippen LogP contribution in [0.25, 0.3) is 0 Å². The zero-order valence-corrected chi connectivity index (χ0v) is 16.7. The van der Waals surface area contributed by atoms with Gasteiger partial charge in [-0.2, -0.15) is 0 Å². The van der Waals surface area contributed by atoms with Crippen molar-refractivity contribution < 1.29 is 18.7 Å². The number of rotatable bonds is 6. The van der Waals surface area contributed by atoms with Gasteiger partial charge in [0.15, 0.2) is 11.6 Å². The molecular formula is C22H29FN2O3. The van der Waals surface area contributed by atoms with E-state index in [1.807, 2.05) is 0 Å². The first kappa shape index (κ1) is 19.2. The van der Waals surface area contributed by atoms with Crippen molar-refractivity contribution in [3.8, 4) is 5.75 Å². The Morgan fingerprint density at radius 3 is 2.32 bits per heavy atom. The molecule has 28 heavy (non-hydrogen) atoms. The van der Waals surface area contributed by atoms with Gasteiger partial charge in [0.1, 0.15) is 0 Å². The average molecular weight is 388 g/mol. The first-order valence-electron chi connectivity index (χ1n) is 10.2. The summed E-state index contributed by atoms with van der Waals surface area (Å²) < 4.78 is 18.7. The Morgan fingerprint density at radius 2 is 1.79 bits per heavy atom. The molecule has 4 aliphatic carbocycles. The molecule has 2 amide bonds. The van der Waals surface area contributed by atoms with Gasteiger partial charge in [-0.1, -0.05) is 6.07 Å². The van der Waals surface area contributed by atoms with Crippen LogP contribution in [0.2, 0.25) is 0 Å². The third kappa shape index (κ3) is 3.61. The fraction of sp³-hybridized carbons (Fsp3) is 0.636. The Balaban J connectivity index is 1.31. The largest absolute Gasteiger partial charge is 0.494 e. The van der Waals surface area contributed by atoms with Crippen molar-refractivity contribution in [1.29, 1.82) is 0 Å². The second kappa shape index (κ2) is 7.37. The molecule has 152 valence electrons. The Labute approximate surface area is 165 Å². The van der Waals surface area contributed by atoms with Crippen LogP contribution < -0.4 is 10.1 Å². The van der Waals surface area contributed by atoms with Crippen LogP contribution in [0.4, 0.5) is 4.39 Å². The summed E-state index contributed by atoms with van der Waals surface area (Å²) in [6.07, 6.45) is 6.81. The standard InChI is InChI=1S/C22H29FN2O3/c1-25(13-14-3-4-19(28-2)18(23)8-14)20(26)12-24-21(27)22-9-15-5-16(10-22)7-17(6-15)11-22/h3-4,8,15-17H,5-7,9-13H2,1-2H3,(H,24,27). The number of methoxy groups -OCH3 is 1. The molecule has 0 aromatic heterocycles. The Hall–Kier alpha value is -2.11. The molecule has 0 unspecified atom stereocenters. The van der Waals surface area contributed by atoms with E-state index in [0.29, 0.717) is 23.3 Å². The molecule has 5 rings (SSSR count). The van der Waals surface area contributed by atoms with Gasteiger partial charge < -0.3 is 15.0 Å². The van der Waals surface area contributed by atoms with E-state index in [9.17, 15) is 14.0 Å². The Bertz CT molecular complexity index is 744. The molecule has 1 N–H and O–H groups in total. The Morgan fingerprint density at radius 1 is 1.18 bits per heavy atom. The van der Waals surface area contributed by atoms with Gasteiger partial charge in [0.25, 0.3) is 0 Å². The highest BCUT2D eigenvalue weighted by molar-refractivity contribution is 5.88. The second-order valence-corrected chi connectivity index (χ2v) is 9.10. The molecule has 5 nitrogen and oxygen atoms in total. The van der Waals surface area contributed by atoms with Crippen molar-refractivity contribution in [2.75, 3.05) is 20.7 Å². The molecule has 4 fully saturated rings. The van der Waals surface area contributed by atoms with Crippen LogP contribution in [-0.2, 0) is 16.1 Å². The normalized spacial score (nSPS) is 30.2. The summed E-state index contributed by atoms with van der Waals surface area (Å²) >= 11 is 0. The van der Waals surface area contributed by atoms with Crippen LogP contribution in [0, 0.1) is 29.0 Å². The van der Waals surface area contributed by atoms with E-state index in [0.717, 1.165) is 19.3 Å². The van der Waals surface area contributed by atoms with Crippen LogP contribution in [0.15, 0.2) is 18.2 Å². The van der Waals surface area contributed by atoms with Gasteiger partial charge in [-0.3, -0.25) is 9.59 Å². The summed E-state index contributed by atoms with van der Waals surface area (Å²) in [6.45, 7) is 0.280. The smallest absolute Gasteiger partial charge is 0.242 e. The molecule has 4 saturated carbocycles. The number of carbonyl (C=O) groups is 2. The first-order chi connectivity index (χ1) is 13.4. The minimum atomic E-state index is -0.448. The lowest BCUT2D eigenvalue weighted by atomic mass is 9.49. The SMILES string of the molecule is COc1ccc(CN(C)C(=O)CNC(=O)C23CC4CC(CC(C4)C2)C3)cc1F. The molecule has 0 radical (unpaired) electrons. The first-order valence-corrected chi connectivity index (χ1v) is 10.2. The highest BCUT2D eigenvalue weighted by atomic mass is 19.1. The lowest BCUT2D eigenvalue weighted by Gasteiger charge is -2.55. The van der Waals surface area contributed by atoms with E-state index in [-0.39, 0.29) is 36.1 Å². The molecule has 1 aromatic carbocycles. The second-order valence-electron chi connectivity index (χ2n) is 9.10. The molecule has 0 atom stereocenters. The summed E-state index contributed by atoms with van der Waals surface area (Å²) in [4.78, 5) is 26.9. The monoisotopic (exact) mass is 388 g/mol. The van der Waals surface area contributed by atoms with Gasteiger partial charge >= 0.3 is 0 Å². The summed E-state index contributed by atoms with van der Waals surface area (Å²) in [5.41, 5.74) is 0.439. The van der Waals surface area contributed by atoms with Gasteiger partial charge in [0.05, 0.1) is 13.7 Å². The maximum atomic E-state index is 13.8. The predicted octanol–water partition coefficient (Wildman–Crippen LogP) is 3.13. The summed E-state index contributed by atoms with van der Waals surface area (Å²) in [5, 5.41) is 2.91. The van der Waals surface area contributed by atoms with Gasteiger partial charge in [0.2, 0.25) is 11.8 Å². The number of likely N-dealkylation sites (N-methyl/N-ethyl adjacent to an activating group) is 1.